The van der Waals surface area contributed by atoms with Gasteiger partial charge in [0.1, 0.15) is 0 Å². The molecule has 6 heteroatoms. The Morgan fingerprint density at radius 2 is 1.64 bits per heavy atom. The Bertz CT molecular complexity index is 806. The Morgan fingerprint density at radius 1 is 0.920 bits per heavy atom. The average Bonchev–Trinajstić information content (AvgIpc) is 2.91. The molecule has 2 aromatic rings. The first-order valence-electron chi connectivity index (χ1n) is 8.21. The number of hydrogen-bond donors (Lipinski definition) is 1. The number of carbonyl (C=O) groups excluding carboxylic acids is 1. The fourth-order valence-corrected chi connectivity index (χ4v) is 3.80. The van der Waals surface area contributed by atoms with Crippen molar-refractivity contribution in [2.24, 2.45) is 0 Å². The number of carbonyl (C=O) groups is 1. The second kappa shape index (κ2) is 6.29. The van der Waals surface area contributed by atoms with Crippen LogP contribution in [0.5, 0.6) is 0 Å². The molecule has 25 heavy (non-hydrogen) atoms. The van der Waals surface area contributed by atoms with Crippen LogP contribution in [-0.4, -0.2) is 24.8 Å². The van der Waals surface area contributed by atoms with E-state index in [-0.39, 0.29) is 0 Å². The van der Waals surface area contributed by atoms with E-state index in [0.717, 1.165) is 13.1 Å². The predicted octanol–water partition coefficient (Wildman–Crippen LogP) is 3.89. The van der Waals surface area contributed by atoms with Gasteiger partial charge in [0.2, 0.25) is 11.4 Å². The summed E-state index contributed by atoms with van der Waals surface area (Å²) in [7, 11) is 0. The summed E-state index contributed by atoms with van der Waals surface area (Å²) in [6.45, 7) is 1.47. The minimum Gasteiger partial charge on any atom is -0.430 e. The highest BCUT2D eigenvalue weighted by molar-refractivity contribution is 6.42. The molecule has 1 unspecified atom stereocenters. The molecule has 0 saturated carbocycles. The zero-order chi connectivity index (χ0) is 17.5. The third kappa shape index (κ3) is 2.74. The third-order valence-electron chi connectivity index (χ3n) is 4.78. The number of nitrogens with one attached hydrogen (secondary N) is 1. The van der Waals surface area contributed by atoms with E-state index in [9.17, 15) is 4.79 Å². The Morgan fingerprint density at radius 3 is 2.32 bits per heavy atom. The minimum atomic E-state index is -1.34. The summed E-state index contributed by atoms with van der Waals surface area (Å²) >= 11 is 12.3. The van der Waals surface area contributed by atoms with E-state index < -0.39 is 17.4 Å². The molecular weight excluding hydrogens is 361 g/mol. The second-order valence-electron chi connectivity index (χ2n) is 6.33. The number of rotatable bonds is 2. The number of piperidine rings is 1. The molecule has 130 valence electrons. The van der Waals surface area contributed by atoms with Crippen molar-refractivity contribution in [3.63, 3.8) is 0 Å². The highest BCUT2D eigenvalue weighted by Gasteiger charge is 2.60. The standard InChI is InChI=1S/C19H17Cl2NO3/c20-15-7-6-14(12-16(15)21)19(13-4-2-1-3-5-13)17(23)24-18(25-19)8-10-22-11-9-18/h1-7,12,22H,8-11H2. The SMILES string of the molecule is O=C1OC2(CCNCC2)OC1(c1ccccc1)c1ccc(Cl)c(Cl)c1. The van der Waals surface area contributed by atoms with Crippen molar-refractivity contribution in [3.05, 3.63) is 69.7 Å². The van der Waals surface area contributed by atoms with Crippen LogP contribution in [0, 0.1) is 0 Å². The lowest BCUT2D eigenvalue weighted by atomic mass is 9.86. The third-order valence-corrected chi connectivity index (χ3v) is 5.52. The van der Waals surface area contributed by atoms with Crippen molar-refractivity contribution in [2.75, 3.05) is 13.1 Å². The Labute approximate surface area is 156 Å². The van der Waals surface area contributed by atoms with Gasteiger partial charge in [0.05, 0.1) is 10.0 Å². The van der Waals surface area contributed by atoms with Gasteiger partial charge in [-0.25, -0.2) is 4.79 Å². The lowest BCUT2D eigenvalue weighted by molar-refractivity contribution is -0.198. The smallest absolute Gasteiger partial charge is 0.350 e. The van der Waals surface area contributed by atoms with E-state index >= 15 is 0 Å². The first kappa shape index (κ1) is 16.9. The van der Waals surface area contributed by atoms with Gasteiger partial charge < -0.3 is 14.8 Å². The molecule has 2 fully saturated rings. The van der Waals surface area contributed by atoms with E-state index in [1.807, 2.05) is 30.3 Å². The van der Waals surface area contributed by atoms with Crippen LogP contribution in [0.3, 0.4) is 0 Å². The van der Waals surface area contributed by atoms with Crippen molar-refractivity contribution >= 4 is 29.2 Å². The number of ether oxygens (including phenoxy) is 2. The molecule has 2 aliphatic heterocycles. The molecule has 4 nitrogen and oxygen atoms in total. The highest BCUT2D eigenvalue weighted by Crippen LogP contribution is 2.48. The van der Waals surface area contributed by atoms with Gasteiger partial charge in [0.25, 0.3) is 0 Å². The Hall–Kier alpha value is -1.59. The normalized spacial score (nSPS) is 25.1. The maximum absolute atomic E-state index is 13.1. The van der Waals surface area contributed by atoms with E-state index in [1.165, 1.54) is 0 Å². The topological polar surface area (TPSA) is 47.6 Å². The van der Waals surface area contributed by atoms with Crippen molar-refractivity contribution in [1.29, 1.82) is 0 Å². The molecule has 2 aromatic carbocycles. The summed E-state index contributed by atoms with van der Waals surface area (Å²) < 4.78 is 12.3. The van der Waals surface area contributed by atoms with Crippen LogP contribution < -0.4 is 5.32 Å². The van der Waals surface area contributed by atoms with Gasteiger partial charge >= 0.3 is 5.97 Å². The van der Waals surface area contributed by atoms with Gasteiger partial charge in [0.15, 0.2) is 0 Å². The highest BCUT2D eigenvalue weighted by atomic mass is 35.5. The zero-order valence-corrected chi connectivity index (χ0v) is 14.9. The molecule has 0 radical (unpaired) electrons. The largest absolute Gasteiger partial charge is 0.430 e. The summed E-state index contributed by atoms with van der Waals surface area (Å²) in [4.78, 5) is 13.1. The quantitative estimate of drug-likeness (QED) is 0.806. The lowest BCUT2D eigenvalue weighted by Gasteiger charge is -2.34. The molecule has 2 heterocycles. The molecule has 0 amide bonds. The number of halogens is 2. The van der Waals surface area contributed by atoms with Gasteiger partial charge in [0, 0.05) is 31.5 Å². The van der Waals surface area contributed by atoms with E-state index in [4.69, 9.17) is 32.7 Å². The van der Waals surface area contributed by atoms with Gasteiger partial charge in [-0.2, -0.15) is 0 Å². The van der Waals surface area contributed by atoms with Gasteiger partial charge in [-0.3, -0.25) is 0 Å². The molecule has 4 rings (SSSR count). The molecule has 1 atom stereocenters. The molecule has 1 N–H and O–H groups in total. The molecule has 0 aromatic heterocycles. The molecule has 2 saturated heterocycles. The van der Waals surface area contributed by atoms with Crippen LogP contribution in [0.2, 0.25) is 10.0 Å². The average molecular weight is 378 g/mol. The van der Waals surface area contributed by atoms with E-state index in [2.05, 4.69) is 5.32 Å². The fraction of sp³-hybridized carbons (Fsp3) is 0.316. The molecule has 0 aliphatic carbocycles. The summed E-state index contributed by atoms with van der Waals surface area (Å²) in [6.07, 6.45) is 1.21. The molecular formula is C19H17Cl2NO3. The number of benzene rings is 2. The zero-order valence-electron chi connectivity index (χ0n) is 13.4. The van der Waals surface area contributed by atoms with Crippen molar-refractivity contribution in [3.8, 4) is 0 Å². The number of esters is 1. The van der Waals surface area contributed by atoms with Crippen LogP contribution in [0.15, 0.2) is 48.5 Å². The predicted molar refractivity (Wildman–Crippen MR) is 95.7 cm³/mol. The molecule has 0 bridgehead atoms. The van der Waals surface area contributed by atoms with Gasteiger partial charge in [-0.1, -0.05) is 59.6 Å². The minimum absolute atomic E-state index is 0.372. The Balaban J connectivity index is 1.88. The van der Waals surface area contributed by atoms with Crippen LogP contribution >= 0.6 is 23.2 Å². The molecule has 2 aliphatic rings. The van der Waals surface area contributed by atoms with Crippen LogP contribution in [-0.2, 0) is 19.9 Å². The number of hydrogen-bond acceptors (Lipinski definition) is 4. The fourth-order valence-electron chi connectivity index (χ4n) is 3.50. The van der Waals surface area contributed by atoms with E-state index in [1.54, 1.807) is 18.2 Å². The molecule has 1 spiro atoms. The van der Waals surface area contributed by atoms with Gasteiger partial charge in [-0.05, 0) is 17.7 Å². The first-order valence-corrected chi connectivity index (χ1v) is 8.97. The first-order chi connectivity index (χ1) is 12.1. The second-order valence-corrected chi connectivity index (χ2v) is 7.14. The monoisotopic (exact) mass is 377 g/mol. The van der Waals surface area contributed by atoms with Crippen LogP contribution in [0.1, 0.15) is 24.0 Å². The van der Waals surface area contributed by atoms with Crippen LogP contribution in [0.25, 0.3) is 0 Å². The van der Waals surface area contributed by atoms with E-state index in [0.29, 0.717) is 34.0 Å². The van der Waals surface area contributed by atoms with Crippen LogP contribution in [0.4, 0.5) is 0 Å². The summed E-state index contributed by atoms with van der Waals surface area (Å²) in [6, 6.07) is 14.5. The maximum atomic E-state index is 13.1. The van der Waals surface area contributed by atoms with Crippen molar-refractivity contribution in [2.45, 2.75) is 24.2 Å². The van der Waals surface area contributed by atoms with Crippen molar-refractivity contribution in [1.82, 2.24) is 5.32 Å². The Kier molecular flexibility index (Phi) is 4.24. The summed E-state index contributed by atoms with van der Waals surface area (Å²) in [5.41, 5.74) is -0.00498. The van der Waals surface area contributed by atoms with Crippen molar-refractivity contribution < 1.29 is 14.3 Å². The lowest BCUT2D eigenvalue weighted by Crippen LogP contribution is -2.44. The van der Waals surface area contributed by atoms with Gasteiger partial charge in [-0.15, -0.1) is 0 Å². The summed E-state index contributed by atoms with van der Waals surface area (Å²) in [5, 5.41) is 4.06. The summed E-state index contributed by atoms with van der Waals surface area (Å²) in [5.74, 6) is -1.33. The maximum Gasteiger partial charge on any atom is 0.350 e.